The lowest BCUT2D eigenvalue weighted by Crippen LogP contribution is -2.29. The van der Waals surface area contributed by atoms with Crippen molar-refractivity contribution >= 4 is 5.82 Å². The van der Waals surface area contributed by atoms with E-state index in [4.69, 9.17) is 10.4 Å². The van der Waals surface area contributed by atoms with Gasteiger partial charge in [0.25, 0.3) is 0 Å². The van der Waals surface area contributed by atoms with E-state index in [1.807, 2.05) is 0 Å². The molecule has 0 spiro atoms. The van der Waals surface area contributed by atoms with E-state index >= 15 is 0 Å². The van der Waals surface area contributed by atoms with Crippen molar-refractivity contribution in [2.75, 3.05) is 24.6 Å². The van der Waals surface area contributed by atoms with Gasteiger partial charge in [0.05, 0.1) is 19.3 Å². The largest absolute Gasteiger partial charge is 0.394 e. The van der Waals surface area contributed by atoms with Crippen LogP contribution in [0.15, 0.2) is 6.20 Å². The van der Waals surface area contributed by atoms with E-state index in [1.165, 1.54) is 0 Å². The number of aliphatic hydroxyl groups excluding tert-OH is 1. The molecule has 0 amide bonds. The molecule has 96 valence electrons. The normalized spacial score (nSPS) is 28.0. The second-order valence-corrected chi connectivity index (χ2v) is 5.88. The van der Waals surface area contributed by atoms with Gasteiger partial charge in [-0.25, -0.2) is 4.68 Å². The molecule has 1 saturated carbocycles. The lowest BCUT2D eigenvalue weighted by Gasteiger charge is -2.24. The van der Waals surface area contributed by atoms with Crippen LogP contribution in [0.2, 0.25) is 0 Å². The molecule has 5 nitrogen and oxygen atoms in total. The van der Waals surface area contributed by atoms with Gasteiger partial charge in [0.1, 0.15) is 17.5 Å². The molecule has 0 radical (unpaired) electrons. The summed E-state index contributed by atoms with van der Waals surface area (Å²) in [6.07, 6.45) is 1.60. The lowest BCUT2D eigenvalue weighted by molar-refractivity contribution is 0.269. The van der Waals surface area contributed by atoms with Gasteiger partial charge in [0.2, 0.25) is 0 Å². The fourth-order valence-corrected chi connectivity index (χ4v) is 3.35. The third-order valence-corrected chi connectivity index (χ3v) is 4.67. The summed E-state index contributed by atoms with van der Waals surface area (Å²) in [6.45, 7) is 7.14. The molecular weight excluding hydrogens is 228 g/mol. The van der Waals surface area contributed by atoms with Gasteiger partial charge in [-0.05, 0) is 17.3 Å². The second-order valence-electron chi connectivity index (χ2n) is 5.88. The molecule has 2 unspecified atom stereocenters. The maximum absolute atomic E-state index is 9.15. The number of aromatic nitrogens is 2. The van der Waals surface area contributed by atoms with Crippen LogP contribution in [-0.4, -0.2) is 34.6 Å². The minimum atomic E-state index is 0.0474. The number of aliphatic hydroxyl groups is 1. The van der Waals surface area contributed by atoms with E-state index in [9.17, 15) is 0 Å². The summed E-state index contributed by atoms with van der Waals surface area (Å²) in [5.74, 6) is 2.36. The highest BCUT2D eigenvalue weighted by Crippen LogP contribution is 2.62. The molecule has 0 aromatic carbocycles. The van der Waals surface area contributed by atoms with Gasteiger partial charge >= 0.3 is 0 Å². The maximum atomic E-state index is 9.15. The average Bonchev–Trinajstić information content (AvgIpc) is 2.79. The molecule has 1 aromatic rings. The van der Waals surface area contributed by atoms with Gasteiger partial charge in [-0.1, -0.05) is 13.8 Å². The maximum Gasteiger partial charge on any atom is 0.145 e. The van der Waals surface area contributed by atoms with E-state index in [2.05, 4.69) is 29.9 Å². The van der Waals surface area contributed by atoms with Crippen molar-refractivity contribution in [3.8, 4) is 6.07 Å². The summed E-state index contributed by atoms with van der Waals surface area (Å²) >= 11 is 0. The number of hydrogen-bond acceptors (Lipinski definition) is 4. The first kappa shape index (κ1) is 11.5. The first-order valence-electron chi connectivity index (χ1n) is 6.41. The molecule has 2 fully saturated rings. The van der Waals surface area contributed by atoms with Gasteiger partial charge in [-0.2, -0.15) is 10.4 Å². The van der Waals surface area contributed by atoms with Crippen LogP contribution < -0.4 is 4.90 Å². The van der Waals surface area contributed by atoms with Gasteiger partial charge in [0, 0.05) is 13.1 Å². The highest BCUT2D eigenvalue weighted by molar-refractivity contribution is 5.55. The Bertz CT molecular complexity index is 500. The smallest absolute Gasteiger partial charge is 0.145 e. The highest BCUT2D eigenvalue weighted by atomic mass is 16.3. The van der Waals surface area contributed by atoms with Crippen molar-refractivity contribution in [1.29, 1.82) is 5.26 Å². The highest BCUT2D eigenvalue weighted by Gasteiger charge is 2.62. The fraction of sp³-hybridized carbons (Fsp3) is 0.692. The Morgan fingerprint density at radius 1 is 1.50 bits per heavy atom. The Morgan fingerprint density at radius 2 is 2.17 bits per heavy atom. The number of nitrogens with zero attached hydrogens (tertiary/aromatic N) is 4. The van der Waals surface area contributed by atoms with Crippen LogP contribution in [0.4, 0.5) is 5.82 Å². The fourth-order valence-electron chi connectivity index (χ4n) is 3.35. The van der Waals surface area contributed by atoms with Crippen LogP contribution >= 0.6 is 0 Å². The Kier molecular flexibility index (Phi) is 2.39. The van der Waals surface area contributed by atoms with Crippen molar-refractivity contribution in [1.82, 2.24) is 9.78 Å². The molecule has 18 heavy (non-hydrogen) atoms. The Morgan fingerprint density at radius 3 is 2.72 bits per heavy atom. The number of nitriles is 1. The molecule has 2 atom stereocenters. The first-order valence-corrected chi connectivity index (χ1v) is 6.41. The van der Waals surface area contributed by atoms with E-state index in [0.29, 0.717) is 17.5 Å². The minimum Gasteiger partial charge on any atom is -0.394 e. The van der Waals surface area contributed by atoms with E-state index in [1.54, 1.807) is 10.9 Å². The van der Waals surface area contributed by atoms with Crippen LogP contribution in [0.3, 0.4) is 0 Å². The van der Waals surface area contributed by atoms with Gasteiger partial charge in [-0.15, -0.1) is 0 Å². The van der Waals surface area contributed by atoms with Crippen LogP contribution in [0, 0.1) is 28.6 Å². The quantitative estimate of drug-likeness (QED) is 0.858. The van der Waals surface area contributed by atoms with Crippen LogP contribution in [0.1, 0.15) is 19.4 Å². The number of anilines is 1. The molecule has 1 aliphatic carbocycles. The topological polar surface area (TPSA) is 65.1 Å². The molecule has 0 bridgehead atoms. The summed E-state index contributed by atoms with van der Waals surface area (Å²) in [5.41, 5.74) is 1.08. The first-order chi connectivity index (χ1) is 8.59. The molecule has 3 rings (SSSR count). The zero-order chi connectivity index (χ0) is 12.9. The Hall–Kier alpha value is -1.54. The van der Waals surface area contributed by atoms with Crippen LogP contribution in [0.25, 0.3) is 0 Å². The summed E-state index contributed by atoms with van der Waals surface area (Å²) in [7, 11) is 0. The van der Waals surface area contributed by atoms with E-state index < -0.39 is 0 Å². The van der Waals surface area contributed by atoms with Crippen molar-refractivity contribution in [3.05, 3.63) is 11.8 Å². The number of piperidine rings is 1. The van der Waals surface area contributed by atoms with Gasteiger partial charge in [0.15, 0.2) is 0 Å². The van der Waals surface area contributed by atoms with Gasteiger partial charge in [-0.3, -0.25) is 0 Å². The zero-order valence-electron chi connectivity index (χ0n) is 10.8. The third kappa shape index (κ3) is 1.45. The van der Waals surface area contributed by atoms with Crippen LogP contribution in [0.5, 0.6) is 0 Å². The summed E-state index contributed by atoms with van der Waals surface area (Å²) in [6, 6.07) is 2.20. The SMILES string of the molecule is CC1(C)C2CN(c3c(C#N)cnn3CCO)CC21. The lowest BCUT2D eigenvalue weighted by atomic mass is 10.1. The number of rotatable bonds is 3. The van der Waals surface area contributed by atoms with Crippen molar-refractivity contribution in [2.24, 2.45) is 17.3 Å². The van der Waals surface area contributed by atoms with Gasteiger partial charge < -0.3 is 10.0 Å². The zero-order valence-corrected chi connectivity index (χ0v) is 10.8. The van der Waals surface area contributed by atoms with E-state index in [0.717, 1.165) is 30.7 Å². The van der Waals surface area contributed by atoms with Crippen LogP contribution in [-0.2, 0) is 6.54 Å². The van der Waals surface area contributed by atoms with Crippen molar-refractivity contribution in [3.63, 3.8) is 0 Å². The minimum absolute atomic E-state index is 0.0474. The van der Waals surface area contributed by atoms with Crippen molar-refractivity contribution in [2.45, 2.75) is 20.4 Å². The Labute approximate surface area is 107 Å². The second kappa shape index (κ2) is 3.72. The predicted molar refractivity (Wildman–Crippen MR) is 67.0 cm³/mol. The molecule has 1 aliphatic heterocycles. The number of hydrogen-bond donors (Lipinski definition) is 1. The molecule has 2 heterocycles. The predicted octanol–water partition coefficient (Wildman–Crippen LogP) is 0.839. The average molecular weight is 246 g/mol. The summed E-state index contributed by atoms with van der Waals surface area (Å²) in [4.78, 5) is 2.25. The molecule has 1 saturated heterocycles. The molecular formula is C13H18N4O. The molecule has 1 aromatic heterocycles. The molecule has 5 heteroatoms. The monoisotopic (exact) mass is 246 g/mol. The summed E-state index contributed by atoms with van der Waals surface area (Å²) in [5, 5.41) is 22.4. The Balaban J connectivity index is 1.85. The molecule has 2 aliphatic rings. The van der Waals surface area contributed by atoms with E-state index in [-0.39, 0.29) is 6.61 Å². The third-order valence-electron chi connectivity index (χ3n) is 4.67. The summed E-state index contributed by atoms with van der Waals surface area (Å²) < 4.78 is 1.75. The van der Waals surface area contributed by atoms with Crippen molar-refractivity contribution < 1.29 is 5.11 Å². The standard InChI is InChI=1S/C13H18N4O/c1-13(2)10-7-16(8-11(10)13)12-9(5-14)6-15-17(12)3-4-18/h6,10-11,18H,3-4,7-8H2,1-2H3. The number of fused-ring (bicyclic) bond motifs is 1. The molecule has 1 N–H and O–H groups in total.